The quantitative estimate of drug-likeness (QED) is 0.849. The minimum atomic E-state index is -0.0499. The van der Waals surface area contributed by atoms with Gasteiger partial charge < -0.3 is 10.6 Å². The molecule has 1 amide bonds. The summed E-state index contributed by atoms with van der Waals surface area (Å²) in [5.41, 5.74) is 3.98. The van der Waals surface area contributed by atoms with Crippen LogP contribution in [0.25, 0.3) is 0 Å². The van der Waals surface area contributed by atoms with Gasteiger partial charge in [-0.2, -0.15) is 0 Å². The Morgan fingerprint density at radius 3 is 2.29 bits per heavy atom. The summed E-state index contributed by atoms with van der Waals surface area (Å²) in [6, 6.07) is 15.9. The molecule has 2 aromatic carbocycles. The lowest BCUT2D eigenvalue weighted by molar-refractivity contribution is 0.0951. The van der Waals surface area contributed by atoms with Crippen molar-refractivity contribution >= 4 is 11.6 Å². The number of anilines is 1. The van der Waals surface area contributed by atoms with E-state index in [9.17, 15) is 4.79 Å². The molecule has 0 spiro atoms. The van der Waals surface area contributed by atoms with Gasteiger partial charge in [0.15, 0.2) is 0 Å². The summed E-state index contributed by atoms with van der Waals surface area (Å²) >= 11 is 0. The Balaban J connectivity index is 2.01. The van der Waals surface area contributed by atoms with Gasteiger partial charge in [0.25, 0.3) is 5.91 Å². The molecule has 0 atom stereocenters. The van der Waals surface area contributed by atoms with E-state index in [4.69, 9.17) is 0 Å². The molecule has 0 fully saturated rings. The lowest BCUT2D eigenvalue weighted by Crippen LogP contribution is -2.23. The Morgan fingerprint density at radius 1 is 0.952 bits per heavy atom. The number of rotatable bonds is 6. The van der Waals surface area contributed by atoms with Crippen LogP contribution in [0.5, 0.6) is 0 Å². The first-order chi connectivity index (χ1) is 10.2. The fourth-order valence-corrected chi connectivity index (χ4v) is 2.20. The zero-order valence-corrected chi connectivity index (χ0v) is 12.6. The number of nitrogens with one attached hydrogen (secondary N) is 2. The highest BCUT2D eigenvalue weighted by atomic mass is 16.1. The largest absolute Gasteiger partial charge is 0.385 e. The normalized spacial score (nSPS) is 10.2. The van der Waals surface area contributed by atoms with Crippen LogP contribution in [0.2, 0.25) is 0 Å². The molecule has 2 aromatic rings. The van der Waals surface area contributed by atoms with Crippen molar-refractivity contribution in [2.24, 2.45) is 0 Å². The molecule has 3 nitrogen and oxygen atoms in total. The zero-order chi connectivity index (χ0) is 15.1. The van der Waals surface area contributed by atoms with E-state index in [-0.39, 0.29) is 5.91 Å². The number of para-hydroxylation sites is 1. The van der Waals surface area contributed by atoms with E-state index in [0.717, 1.165) is 24.2 Å². The second-order valence-corrected chi connectivity index (χ2v) is 4.93. The molecule has 0 saturated carbocycles. The van der Waals surface area contributed by atoms with Gasteiger partial charge >= 0.3 is 0 Å². The van der Waals surface area contributed by atoms with Crippen molar-refractivity contribution in [3.63, 3.8) is 0 Å². The molecule has 3 heteroatoms. The van der Waals surface area contributed by atoms with Crippen LogP contribution in [0.3, 0.4) is 0 Å². The molecule has 0 aliphatic carbocycles. The van der Waals surface area contributed by atoms with Gasteiger partial charge in [0, 0.05) is 18.8 Å². The van der Waals surface area contributed by atoms with Gasteiger partial charge in [-0.15, -0.1) is 0 Å². The Morgan fingerprint density at radius 2 is 1.62 bits per heavy atom. The molecule has 110 valence electrons. The number of aryl methyl sites for hydroxylation is 1. The number of carbonyl (C=O) groups excluding carboxylic acids is 1. The predicted octanol–water partition coefficient (Wildman–Crippen LogP) is 3.61. The van der Waals surface area contributed by atoms with Gasteiger partial charge in [-0.3, -0.25) is 4.79 Å². The van der Waals surface area contributed by atoms with E-state index in [2.05, 4.69) is 41.8 Å². The molecule has 0 aliphatic rings. The smallest absolute Gasteiger partial charge is 0.253 e. The van der Waals surface area contributed by atoms with Crippen molar-refractivity contribution in [1.29, 1.82) is 0 Å². The van der Waals surface area contributed by atoms with Crippen LogP contribution in [0.4, 0.5) is 5.69 Å². The van der Waals surface area contributed by atoms with Crippen LogP contribution >= 0.6 is 0 Å². The van der Waals surface area contributed by atoms with Gasteiger partial charge in [0.1, 0.15) is 0 Å². The average Bonchev–Trinajstić information content (AvgIpc) is 2.54. The van der Waals surface area contributed by atoms with E-state index in [1.54, 1.807) is 0 Å². The lowest BCUT2D eigenvalue weighted by atomic mass is 10.1. The number of amides is 1. The van der Waals surface area contributed by atoms with Crippen LogP contribution in [0.15, 0.2) is 48.5 Å². The van der Waals surface area contributed by atoms with Gasteiger partial charge in [-0.1, -0.05) is 43.3 Å². The summed E-state index contributed by atoms with van der Waals surface area (Å²) in [7, 11) is 0. The predicted molar refractivity (Wildman–Crippen MR) is 87.6 cm³/mol. The fraction of sp³-hybridized carbons (Fsp3) is 0.278. The summed E-state index contributed by atoms with van der Waals surface area (Å²) in [4.78, 5) is 12.3. The van der Waals surface area contributed by atoms with Crippen LogP contribution < -0.4 is 10.6 Å². The third kappa shape index (κ3) is 4.09. The Bertz CT molecular complexity index is 590. The van der Waals surface area contributed by atoms with Crippen molar-refractivity contribution in [3.8, 4) is 0 Å². The maximum Gasteiger partial charge on any atom is 0.253 e. The average molecular weight is 282 g/mol. The van der Waals surface area contributed by atoms with Crippen LogP contribution in [-0.4, -0.2) is 12.5 Å². The summed E-state index contributed by atoms with van der Waals surface area (Å²) in [5.74, 6) is -0.0499. The molecule has 2 N–H and O–H groups in total. The van der Waals surface area contributed by atoms with E-state index in [1.165, 1.54) is 5.56 Å². The summed E-state index contributed by atoms with van der Waals surface area (Å²) < 4.78 is 0. The standard InChI is InChI=1S/C18H22N2O/c1-3-14-9-11-15(12-10-14)13-20-18(21)16-7-5-6-8-17(16)19-4-2/h5-12,19H,3-4,13H2,1-2H3,(H,20,21). The van der Waals surface area contributed by atoms with Crippen LogP contribution in [-0.2, 0) is 13.0 Å². The van der Waals surface area contributed by atoms with Gasteiger partial charge in [0.05, 0.1) is 5.56 Å². The second-order valence-electron chi connectivity index (χ2n) is 4.93. The topological polar surface area (TPSA) is 41.1 Å². The third-order valence-electron chi connectivity index (χ3n) is 3.42. The number of benzene rings is 2. The van der Waals surface area contributed by atoms with E-state index in [0.29, 0.717) is 12.1 Å². The molecule has 0 radical (unpaired) electrons. The number of hydrogen-bond acceptors (Lipinski definition) is 2. The molecule has 0 bridgehead atoms. The highest BCUT2D eigenvalue weighted by Gasteiger charge is 2.09. The minimum absolute atomic E-state index is 0.0499. The SMILES string of the molecule is CCNc1ccccc1C(=O)NCc1ccc(CC)cc1. The van der Waals surface area contributed by atoms with Crippen molar-refractivity contribution in [2.45, 2.75) is 26.8 Å². The van der Waals surface area contributed by atoms with Crippen molar-refractivity contribution in [2.75, 3.05) is 11.9 Å². The van der Waals surface area contributed by atoms with Gasteiger partial charge in [0.2, 0.25) is 0 Å². The van der Waals surface area contributed by atoms with Gasteiger partial charge in [-0.05, 0) is 36.6 Å². The molecule has 0 heterocycles. The molecule has 0 aromatic heterocycles. The third-order valence-corrected chi connectivity index (χ3v) is 3.42. The molecule has 0 saturated heterocycles. The summed E-state index contributed by atoms with van der Waals surface area (Å²) in [6.45, 7) is 5.49. The highest BCUT2D eigenvalue weighted by Crippen LogP contribution is 2.14. The second kappa shape index (κ2) is 7.48. The molecule has 0 unspecified atom stereocenters. The number of carbonyl (C=O) groups is 1. The molecular formula is C18H22N2O. The highest BCUT2D eigenvalue weighted by molar-refractivity contribution is 5.99. The Kier molecular flexibility index (Phi) is 5.38. The maximum atomic E-state index is 12.3. The Hall–Kier alpha value is -2.29. The number of hydrogen-bond donors (Lipinski definition) is 2. The Labute approximate surface area is 126 Å². The maximum absolute atomic E-state index is 12.3. The molecular weight excluding hydrogens is 260 g/mol. The lowest BCUT2D eigenvalue weighted by Gasteiger charge is -2.11. The zero-order valence-electron chi connectivity index (χ0n) is 12.6. The summed E-state index contributed by atoms with van der Waals surface area (Å²) in [5, 5.41) is 6.18. The summed E-state index contributed by atoms with van der Waals surface area (Å²) in [6.07, 6.45) is 1.03. The van der Waals surface area contributed by atoms with E-state index in [1.807, 2.05) is 31.2 Å². The van der Waals surface area contributed by atoms with Crippen LogP contribution in [0.1, 0.15) is 35.3 Å². The first kappa shape index (κ1) is 15.1. The van der Waals surface area contributed by atoms with Crippen molar-refractivity contribution in [1.82, 2.24) is 5.32 Å². The monoisotopic (exact) mass is 282 g/mol. The van der Waals surface area contributed by atoms with E-state index >= 15 is 0 Å². The molecule has 2 rings (SSSR count). The van der Waals surface area contributed by atoms with Crippen molar-refractivity contribution < 1.29 is 4.79 Å². The van der Waals surface area contributed by atoms with Crippen LogP contribution in [0, 0.1) is 0 Å². The van der Waals surface area contributed by atoms with Crippen molar-refractivity contribution in [3.05, 3.63) is 65.2 Å². The fourth-order valence-electron chi connectivity index (χ4n) is 2.20. The van der Waals surface area contributed by atoms with Gasteiger partial charge in [-0.25, -0.2) is 0 Å². The first-order valence-electron chi connectivity index (χ1n) is 7.43. The molecule has 21 heavy (non-hydrogen) atoms. The minimum Gasteiger partial charge on any atom is -0.385 e. The van der Waals surface area contributed by atoms with E-state index < -0.39 is 0 Å². The molecule has 0 aliphatic heterocycles. The first-order valence-corrected chi connectivity index (χ1v) is 7.43.